The molecule has 1 aromatic carbocycles. The topological polar surface area (TPSA) is 17.8 Å². The van der Waals surface area contributed by atoms with E-state index in [0.717, 1.165) is 12.4 Å². The summed E-state index contributed by atoms with van der Waals surface area (Å²) in [7, 11) is 0. The Morgan fingerprint density at radius 2 is 2.00 bits per heavy atom. The molecular weight excluding hydrogens is 196 g/mol. The summed E-state index contributed by atoms with van der Waals surface area (Å²) in [6.45, 7) is 7.43. The van der Waals surface area contributed by atoms with E-state index < -0.39 is 0 Å². The third-order valence-electron chi connectivity index (χ3n) is 2.87. The van der Waals surface area contributed by atoms with E-state index in [9.17, 15) is 0 Å². The minimum Gasteiger partial charge on any atom is -0.330 e. The average molecular weight is 214 g/mol. The van der Waals surface area contributed by atoms with Gasteiger partial charge in [0.2, 0.25) is 0 Å². The predicted molar refractivity (Wildman–Crippen MR) is 66.6 cm³/mol. The first-order valence-corrected chi connectivity index (χ1v) is 5.74. The molecule has 2 aromatic rings. The average Bonchev–Trinajstić information content (AvgIpc) is 2.69. The summed E-state index contributed by atoms with van der Waals surface area (Å²) < 4.78 is 2.23. The van der Waals surface area contributed by atoms with Crippen molar-refractivity contribution in [1.82, 2.24) is 9.55 Å². The maximum Gasteiger partial charge on any atom is 0.111 e. The maximum absolute atomic E-state index is 4.40. The van der Waals surface area contributed by atoms with Gasteiger partial charge >= 0.3 is 0 Å². The molecule has 0 N–H and O–H groups in total. The number of hydrogen-bond donors (Lipinski definition) is 0. The molecule has 84 valence electrons. The Kier molecular flexibility index (Phi) is 3.09. The van der Waals surface area contributed by atoms with Crippen LogP contribution in [0.5, 0.6) is 0 Å². The van der Waals surface area contributed by atoms with E-state index in [4.69, 9.17) is 0 Å². The Labute approximate surface area is 97.0 Å². The van der Waals surface area contributed by atoms with Crippen molar-refractivity contribution >= 4 is 0 Å². The molecule has 0 aliphatic rings. The normalized spacial score (nSPS) is 11.0. The number of benzene rings is 1. The molecule has 0 saturated heterocycles. The monoisotopic (exact) mass is 214 g/mol. The zero-order valence-electron chi connectivity index (χ0n) is 10.1. The number of aromatic nitrogens is 2. The molecule has 2 nitrogen and oxygen atoms in total. The molecule has 2 rings (SSSR count). The van der Waals surface area contributed by atoms with Crippen LogP contribution in [0.3, 0.4) is 0 Å². The molecule has 16 heavy (non-hydrogen) atoms. The van der Waals surface area contributed by atoms with E-state index in [1.165, 1.54) is 11.1 Å². The van der Waals surface area contributed by atoms with Crippen LogP contribution in [-0.4, -0.2) is 9.55 Å². The molecular formula is C14H18N2. The molecule has 0 radical (unpaired) electrons. The fourth-order valence-electron chi connectivity index (χ4n) is 1.93. The maximum atomic E-state index is 4.40. The summed E-state index contributed by atoms with van der Waals surface area (Å²) in [6, 6.07) is 8.51. The Morgan fingerprint density at radius 3 is 2.69 bits per heavy atom. The summed E-state index contributed by atoms with van der Waals surface area (Å²) in [4.78, 5) is 4.40. The van der Waals surface area contributed by atoms with Gasteiger partial charge in [-0.05, 0) is 18.1 Å². The number of nitrogens with zero attached hydrogens (tertiary/aromatic N) is 2. The van der Waals surface area contributed by atoms with Crippen LogP contribution in [0.2, 0.25) is 0 Å². The highest BCUT2D eigenvalue weighted by atomic mass is 15.1. The van der Waals surface area contributed by atoms with Gasteiger partial charge in [0, 0.05) is 24.9 Å². The lowest BCUT2D eigenvalue weighted by Gasteiger charge is -2.11. The van der Waals surface area contributed by atoms with E-state index in [1.54, 1.807) is 0 Å². The summed E-state index contributed by atoms with van der Waals surface area (Å²) in [5, 5.41) is 0. The van der Waals surface area contributed by atoms with Crippen molar-refractivity contribution in [2.45, 2.75) is 33.2 Å². The van der Waals surface area contributed by atoms with Crippen molar-refractivity contribution in [2.24, 2.45) is 0 Å². The molecule has 2 heteroatoms. The van der Waals surface area contributed by atoms with Crippen LogP contribution >= 0.6 is 0 Å². The van der Waals surface area contributed by atoms with Gasteiger partial charge in [0.05, 0.1) is 0 Å². The van der Waals surface area contributed by atoms with Gasteiger partial charge in [0.15, 0.2) is 0 Å². The highest BCUT2D eigenvalue weighted by molar-refractivity contribution is 5.26. The Morgan fingerprint density at radius 1 is 1.25 bits per heavy atom. The SMILES string of the molecule is Cc1ccccc1Cn1ccnc1C(C)C. The first-order chi connectivity index (χ1) is 7.68. The van der Waals surface area contributed by atoms with Crippen LogP contribution in [0.1, 0.15) is 36.7 Å². The molecule has 0 spiro atoms. The fourth-order valence-corrected chi connectivity index (χ4v) is 1.93. The fraction of sp³-hybridized carbons (Fsp3) is 0.357. The predicted octanol–water partition coefficient (Wildman–Crippen LogP) is 3.36. The lowest BCUT2D eigenvalue weighted by atomic mass is 10.1. The van der Waals surface area contributed by atoms with Crippen LogP contribution < -0.4 is 0 Å². The molecule has 0 fully saturated rings. The van der Waals surface area contributed by atoms with Crippen molar-refractivity contribution < 1.29 is 0 Å². The van der Waals surface area contributed by atoms with E-state index in [0.29, 0.717) is 5.92 Å². The van der Waals surface area contributed by atoms with E-state index >= 15 is 0 Å². The van der Waals surface area contributed by atoms with E-state index in [-0.39, 0.29) is 0 Å². The first-order valence-electron chi connectivity index (χ1n) is 5.74. The summed E-state index contributed by atoms with van der Waals surface area (Å²) >= 11 is 0. The van der Waals surface area contributed by atoms with Gasteiger partial charge in [0.25, 0.3) is 0 Å². The lowest BCUT2D eigenvalue weighted by Crippen LogP contribution is -2.06. The molecule has 0 aliphatic heterocycles. The van der Waals surface area contributed by atoms with Gasteiger partial charge in [0.1, 0.15) is 5.82 Å². The second kappa shape index (κ2) is 4.52. The molecule has 0 unspecified atom stereocenters. The third-order valence-corrected chi connectivity index (χ3v) is 2.87. The van der Waals surface area contributed by atoms with Gasteiger partial charge in [-0.15, -0.1) is 0 Å². The molecule has 0 saturated carbocycles. The second-order valence-electron chi connectivity index (χ2n) is 4.49. The summed E-state index contributed by atoms with van der Waals surface area (Å²) in [6.07, 6.45) is 3.94. The van der Waals surface area contributed by atoms with Crippen LogP contribution in [0.15, 0.2) is 36.7 Å². The van der Waals surface area contributed by atoms with Gasteiger partial charge < -0.3 is 4.57 Å². The van der Waals surface area contributed by atoms with Crippen LogP contribution in [0, 0.1) is 6.92 Å². The van der Waals surface area contributed by atoms with E-state index in [1.807, 2.05) is 6.20 Å². The van der Waals surface area contributed by atoms with Crippen LogP contribution in [0.4, 0.5) is 0 Å². The third kappa shape index (κ3) is 2.16. The number of hydrogen-bond acceptors (Lipinski definition) is 1. The molecule has 0 amide bonds. The van der Waals surface area contributed by atoms with Gasteiger partial charge in [-0.1, -0.05) is 38.1 Å². The second-order valence-corrected chi connectivity index (χ2v) is 4.49. The Balaban J connectivity index is 2.27. The van der Waals surface area contributed by atoms with Gasteiger partial charge in [-0.2, -0.15) is 0 Å². The summed E-state index contributed by atoms with van der Waals surface area (Å²) in [5.74, 6) is 1.63. The zero-order chi connectivity index (χ0) is 11.5. The number of imidazole rings is 1. The smallest absolute Gasteiger partial charge is 0.111 e. The molecule has 0 atom stereocenters. The molecule has 0 bridgehead atoms. The van der Waals surface area contributed by atoms with Crippen molar-refractivity contribution in [2.75, 3.05) is 0 Å². The minimum absolute atomic E-state index is 0.471. The highest BCUT2D eigenvalue weighted by Crippen LogP contribution is 2.15. The van der Waals surface area contributed by atoms with Gasteiger partial charge in [-0.3, -0.25) is 0 Å². The van der Waals surface area contributed by atoms with Crippen molar-refractivity contribution in [3.05, 3.63) is 53.6 Å². The van der Waals surface area contributed by atoms with Crippen LogP contribution in [0.25, 0.3) is 0 Å². The largest absolute Gasteiger partial charge is 0.330 e. The summed E-state index contributed by atoms with van der Waals surface area (Å²) in [5.41, 5.74) is 2.70. The standard InChI is InChI=1S/C14H18N2/c1-11(2)14-15-8-9-16(14)10-13-7-5-4-6-12(13)3/h4-9,11H,10H2,1-3H3. The van der Waals surface area contributed by atoms with Gasteiger partial charge in [-0.25, -0.2) is 4.98 Å². The molecule has 0 aliphatic carbocycles. The quantitative estimate of drug-likeness (QED) is 0.766. The Bertz CT molecular complexity index is 469. The minimum atomic E-state index is 0.471. The van der Waals surface area contributed by atoms with Crippen molar-refractivity contribution in [3.8, 4) is 0 Å². The van der Waals surface area contributed by atoms with Crippen LogP contribution in [-0.2, 0) is 6.54 Å². The van der Waals surface area contributed by atoms with E-state index in [2.05, 4.69) is 60.8 Å². The lowest BCUT2D eigenvalue weighted by molar-refractivity contribution is 0.668. The molecule has 1 heterocycles. The Hall–Kier alpha value is -1.57. The number of aryl methyl sites for hydroxylation is 1. The van der Waals surface area contributed by atoms with Crippen molar-refractivity contribution in [3.63, 3.8) is 0 Å². The molecule has 1 aromatic heterocycles. The number of rotatable bonds is 3. The van der Waals surface area contributed by atoms with Crippen molar-refractivity contribution in [1.29, 1.82) is 0 Å². The highest BCUT2D eigenvalue weighted by Gasteiger charge is 2.07. The zero-order valence-corrected chi connectivity index (χ0v) is 10.1. The first kappa shape index (κ1) is 10.9.